The van der Waals surface area contributed by atoms with Crippen LogP contribution in [0.25, 0.3) is 0 Å². The van der Waals surface area contributed by atoms with E-state index in [4.69, 9.17) is 28.7 Å². The van der Waals surface area contributed by atoms with Gasteiger partial charge in [0, 0.05) is 29.3 Å². The summed E-state index contributed by atoms with van der Waals surface area (Å²) >= 11 is 3.55. The second kappa shape index (κ2) is 11.0. The van der Waals surface area contributed by atoms with Crippen LogP contribution in [0.5, 0.6) is 23.0 Å². The van der Waals surface area contributed by atoms with Gasteiger partial charge in [0.2, 0.25) is 0 Å². The molecule has 8 nitrogen and oxygen atoms in total. The Bertz CT molecular complexity index is 1300. The molecule has 0 spiro atoms. The summed E-state index contributed by atoms with van der Waals surface area (Å²) in [6, 6.07) is 9.36. The van der Waals surface area contributed by atoms with Crippen LogP contribution in [0.2, 0.25) is 0 Å². The maximum atomic E-state index is 13.8. The van der Waals surface area contributed by atoms with Gasteiger partial charge >= 0.3 is 5.97 Å². The third-order valence-corrected chi connectivity index (χ3v) is 7.63. The quantitative estimate of drug-likeness (QED) is 0.420. The molecule has 2 aromatic carbocycles. The fourth-order valence-electron chi connectivity index (χ4n) is 5.31. The molecule has 1 aliphatic carbocycles. The number of ether oxygens (including phenoxy) is 5. The Morgan fingerprint density at radius 3 is 2.19 bits per heavy atom. The van der Waals surface area contributed by atoms with Gasteiger partial charge in [0.05, 0.1) is 40.0 Å². The van der Waals surface area contributed by atoms with Crippen molar-refractivity contribution in [3.8, 4) is 23.0 Å². The Morgan fingerprint density at radius 1 is 0.892 bits per heavy atom. The number of Topliss-reactive ketones (excluding diaryl/α,β-unsaturated/α-hetero) is 1. The molecule has 0 aromatic heterocycles. The van der Waals surface area contributed by atoms with Gasteiger partial charge < -0.3 is 23.7 Å². The van der Waals surface area contributed by atoms with Crippen molar-refractivity contribution in [2.24, 2.45) is 10.9 Å². The van der Waals surface area contributed by atoms with Gasteiger partial charge in [-0.05, 0) is 70.6 Å². The zero-order chi connectivity index (χ0) is 26.9. The van der Waals surface area contributed by atoms with Crippen molar-refractivity contribution in [1.29, 1.82) is 0 Å². The van der Waals surface area contributed by atoms with E-state index in [-0.39, 0.29) is 18.1 Å². The molecule has 1 unspecified atom stereocenters. The maximum absolute atomic E-state index is 13.8. The lowest BCUT2D eigenvalue weighted by molar-refractivity contribution is -0.143. The van der Waals surface area contributed by atoms with Crippen LogP contribution in [-0.4, -0.2) is 53.0 Å². The molecule has 1 aliphatic heterocycles. The van der Waals surface area contributed by atoms with Gasteiger partial charge in [0.25, 0.3) is 0 Å². The lowest BCUT2D eigenvalue weighted by atomic mass is 9.69. The zero-order valence-electron chi connectivity index (χ0n) is 21.7. The Morgan fingerprint density at radius 2 is 1.57 bits per heavy atom. The molecule has 2 aliphatic rings. The Kier molecular flexibility index (Phi) is 7.92. The summed E-state index contributed by atoms with van der Waals surface area (Å²) in [4.78, 5) is 31.6. The van der Waals surface area contributed by atoms with Gasteiger partial charge in [0.15, 0.2) is 28.8 Å². The van der Waals surface area contributed by atoms with Gasteiger partial charge in [-0.2, -0.15) is 0 Å². The molecule has 4 rings (SSSR count). The van der Waals surface area contributed by atoms with E-state index >= 15 is 0 Å². The molecule has 0 N–H and O–H groups in total. The van der Waals surface area contributed by atoms with Crippen LogP contribution in [0.4, 0.5) is 0 Å². The molecule has 0 fully saturated rings. The number of carbonyl (C=O) groups is 2. The number of benzene rings is 2. The number of esters is 1. The number of hydrogen-bond donors (Lipinski definition) is 0. The monoisotopic (exact) mass is 571 g/mol. The first-order valence-corrected chi connectivity index (χ1v) is 12.6. The van der Waals surface area contributed by atoms with Gasteiger partial charge in [-0.3, -0.25) is 14.6 Å². The number of halogens is 1. The molecule has 37 heavy (non-hydrogen) atoms. The van der Waals surface area contributed by atoms with E-state index in [9.17, 15) is 9.59 Å². The summed E-state index contributed by atoms with van der Waals surface area (Å²) in [6.07, 6.45) is 0.828. The molecular weight excluding hydrogens is 542 g/mol. The van der Waals surface area contributed by atoms with Crippen molar-refractivity contribution < 1.29 is 33.3 Å². The number of ketones is 1. The number of hydrogen-bond acceptors (Lipinski definition) is 8. The average molecular weight is 572 g/mol. The lowest BCUT2D eigenvalue weighted by Gasteiger charge is -2.36. The van der Waals surface area contributed by atoms with Crippen LogP contribution in [-0.2, 0) is 14.3 Å². The Balaban J connectivity index is 1.84. The van der Waals surface area contributed by atoms with Gasteiger partial charge in [0.1, 0.15) is 5.92 Å². The molecule has 196 valence electrons. The predicted molar refractivity (Wildman–Crippen MR) is 142 cm³/mol. The van der Waals surface area contributed by atoms with Crippen molar-refractivity contribution in [2.45, 2.75) is 31.6 Å². The summed E-state index contributed by atoms with van der Waals surface area (Å²) in [5.41, 5.74) is 3.52. The highest BCUT2D eigenvalue weighted by Crippen LogP contribution is 2.49. The topological polar surface area (TPSA) is 92.7 Å². The van der Waals surface area contributed by atoms with E-state index < -0.39 is 17.8 Å². The van der Waals surface area contributed by atoms with E-state index in [1.54, 1.807) is 41.4 Å². The molecule has 1 heterocycles. The summed E-state index contributed by atoms with van der Waals surface area (Å²) in [5, 5.41) is 0. The minimum atomic E-state index is -0.740. The first-order valence-electron chi connectivity index (χ1n) is 11.8. The second-order valence-electron chi connectivity index (χ2n) is 8.97. The van der Waals surface area contributed by atoms with Crippen LogP contribution in [0.3, 0.4) is 0 Å². The fraction of sp³-hybridized carbons (Fsp3) is 0.393. The third kappa shape index (κ3) is 4.84. The Hall–Kier alpha value is -3.33. The van der Waals surface area contributed by atoms with Crippen molar-refractivity contribution in [3.63, 3.8) is 0 Å². The highest BCUT2D eigenvalue weighted by Gasteiger charge is 2.45. The molecule has 9 heteroatoms. The molecule has 2 aromatic rings. The van der Waals surface area contributed by atoms with Gasteiger partial charge in [-0.25, -0.2) is 0 Å². The van der Waals surface area contributed by atoms with Crippen LogP contribution in [0.1, 0.15) is 42.7 Å². The van der Waals surface area contributed by atoms with Crippen LogP contribution >= 0.6 is 15.9 Å². The fourth-order valence-corrected chi connectivity index (χ4v) is 5.93. The molecular formula is C28H30BrNO7. The van der Waals surface area contributed by atoms with Crippen molar-refractivity contribution in [2.75, 3.05) is 35.5 Å². The van der Waals surface area contributed by atoms with E-state index in [1.165, 1.54) is 7.11 Å². The van der Waals surface area contributed by atoms with Crippen molar-refractivity contribution in [3.05, 3.63) is 57.2 Å². The van der Waals surface area contributed by atoms with E-state index in [0.717, 1.165) is 11.1 Å². The highest BCUT2D eigenvalue weighted by molar-refractivity contribution is 9.10. The smallest absolute Gasteiger partial charge is 0.315 e. The zero-order valence-corrected chi connectivity index (χ0v) is 23.3. The largest absolute Gasteiger partial charge is 0.493 e. The van der Waals surface area contributed by atoms with Crippen LogP contribution in [0.15, 0.2) is 51.1 Å². The van der Waals surface area contributed by atoms with Crippen molar-refractivity contribution >= 4 is 33.4 Å². The number of allylic oxidation sites excluding steroid dienone is 2. The van der Waals surface area contributed by atoms with Gasteiger partial charge in [-0.15, -0.1) is 0 Å². The average Bonchev–Trinajstić information content (AvgIpc) is 2.90. The van der Waals surface area contributed by atoms with Gasteiger partial charge in [-0.1, -0.05) is 6.07 Å². The van der Waals surface area contributed by atoms with Crippen LogP contribution < -0.4 is 18.9 Å². The summed E-state index contributed by atoms with van der Waals surface area (Å²) < 4.78 is 27.7. The van der Waals surface area contributed by atoms with E-state index in [0.29, 0.717) is 50.9 Å². The van der Waals surface area contributed by atoms with Crippen LogP contribution in [0, 0.1) is 5.92 Å². The molecule has 0 saturated heterocycles. The number of rotatable bonds is 7. The lowest BCUT2D eigenvalue weighted by Crippen LogP contribution is -2.37. The summed E-state index contributed by atoms with van der Waals surface area (Å²) in [6.45, 7) is 1.80. The predicted octanol–water partition coefficient (Wildman–Crippen LogP) is 5.23. The first-order chi connectivity index (χ1) is 17.8. The Labute approximate surface area is 224 Å². The highest BCUT2D eigenvalue weighted by atomic mass is 79.9. The number of aliphatic imine (C=N–C) groups is 1. The minimum Gasteiger partial charge on any atom is -0.493 e. The minimum absolute atomic E-state index is 0.0536. The number of carbonyl (C=O) groups excluding carboxylic acids is 2. The summed E-state index contributed by atoms with van der Waals surface area (Å²) in [7, 11) is 7.61. The molecule has 3 atom stereocenters. The molecule has 0 radical (unpaired) electrons. The molecule has 0 amide bonds. The van der Waals surface area contributed by atoms with Crippen molar-refractivity contribution in [1.82, 2.24) is 0 Å². The SMILES string of the molecule is COC(=O)C1C(C)=NC2=C(C(=O)C[C@@H](c3ccc(OC)c(OC)c3)C2)[C@H]1c1cc(Br)c(OC)c(OC)c1. The second-order valence-corrected chi connectivity index (χ2v) is 9.83. The normalized spacial score (nSPS) is 21.1. The van der Waals surface area contributed by atoms with E-state index in [2.05, 4.69) is 15.9 Å². The summed E-state index contributed by atoms with van der Waals surface area (Å²) in [5.74, 6) is 0.346. The van der Waals surface area contributed by atoms with E-state index in [1.807, 2.05) is 24.3 Å². The molecule has 0 saturated carbocycles. The first kappa shape index (κ1) is 26.7. The maximum Gasteiger partial charge on any atom is 0.315 e. The molecule has 0 bridgehead atoms. The number of nitrogens with zero attached hydrogens (tertiary/aromatic N) is 1. The third-order valence-electron chi connectivity index (χ3n) is 7.04. The standard InChI is InChI=1S/C28H30BrNO7/c1-14-24(28(32)37-6)25(17-9-18(29)27(36-5)23(13-17)35-4)26-19(30-14)10-16(11-20(26)31)15-7-8-21(33-2)22(12-15)34-3/h7-9,12-13,16,24-25H,10-11H2,1-6H3/t16-,24?,25-/m0/s1. The number of methoxy groups -OCH3 is 5.